The van der Waals surface area contributed by atoms with E-state index in [-0.39, 0.29) is 5.91 Å². The van der Waals surface area contributed by atoms with Crippen LogP contribution in [0.2, 0.25) is 0 Å². The van der Waals surface area contributed by atoms with Gasteiger partial charge >= 0.3 is 0 Å². The van der Waals surface area contributed by atoms with Crippen LogP contribution >= 0.6 is 0 Å². The van der Waals surface area contributed by atoms with Crippen molar-refractivity contribution in [3.63, 3.8) is 0 Å². The first-order valence-corrected chi connectivity index (χ1v) is 7.45. The third-order valence-electron chi connectivity index (χ3n) is 3.04. The van der Waals surface area contributed by atoms with Crippen molar-refractivity contribution >= 4 is 11.6 Å². The maximum Gasteiger partial charge on any atom is 0.220 e. The summed E-state index contributed by atoms with van der Waals surface area (Å²) in [5, 5.41) is 2.87. The first-order chi connectivity index (χ1) is 9.67. The molecule has 0 saturated heterocycles. The number of hydrogen-bond donors (Lipinski definition) is 2. The number of benzene rings is 1. The molecule has 0 fully saturated rings. The van der Waals surface area contributed by atoms with Gasteiger partial charge in [0.1, 0.15) is 5.75 Å². The van der Waals surface area contributed by atoms with E-state index >= 15 is 0 Å². The number of carbonyl (C=O) groups excluding carboxylic acids is 1. The lowest BCUT2D eigenvalue weighted by atomic mass is 10.1. The van der Waals surface area contributed by atoms with Crippen LogP contribution in [0.25, 0.3) is 0 Å². The van der Waals surface area contributed by atoms with Crippen molar-refractivity contribution < 1.29 is 9.53 Å². The van der Waals surface area contributed by atoms with Crippen molar-refractivity contribution in [3.05, 3.63) is 23.8 Å². The van der Waals surface area contributed by atoms with E-state index in [1.165, 1.54) is 0 Å². The molecular weight excluding hydrogens is 252 g/mol. The van der Waals surface area contributed by atoms with E-state index in [9.17, 15) is 4.79 Å². The molecule has 0 unspecified atom stereocenters. The van der Waals surface area contributed by atoms with Crippen LogP contribution in [0, 0.1) is 0 Å². The number of anilines is 1. The molecule has 1 aromatic carbocycles. The van der Waals surface area contributed by atoms with Gasteiger partial charge in [-0.1, -0.05) is 26.3 Å². The summed E-state index contributed by atoms with van der Waals surface area (Å²) in [4.78, 5) is 11.5. The highest BCUT2D eigenvalue weighted by molar-refractivity contribution is 5.76. The van der Waals surface area contributed by atoms with E-state index in [1.807, 2.05) is 25.1 Å². The van der Waals surface area contributed by atoms with Crippen molar-refractivity contribution in [1.82, 2.24) is 5.32 Å². The number of aryl methyl sites for hydroxylation is 1. The molecular formula is C16H26N2O2. The van der Waals surface area contributed by atoms with E-state index in [0.717, 1.165) is 37.1 Å². The molecule has 1 rings (SSSR count). The van der Waals surface area contributed by atoms with Crippen LogP contribution in [0.3, 0.4) is 0 Å². The van der Waals surface area contributed by atoms with Gasteiger partial charge in [0.25, 0.3) is 0 Å². The molecule has 0 bridgehead atoms. The molecule has 1 amide bonds. The maximum atomic E-state index is 11.5. The highest BCUT2D eigenvalue weighted by atomic mass is 16.5. The summed E-state index contributed by atoms with van der Waals surface area (Å²) in [6, 6.07) is 5.77. The molecule has 4 heteroatoms. The molecule has 0 heterocycles. The maximum absolute atomic E-state index is 11.5. The Morgan fingerprint density at radius 2 is 2.10 bits per heavy atom. The first-order valence-electron chi connectivity index (χ1n) is 7.45. The molecule has 4 nitrogen and oxygen atoms in total. The summed E-state index contributed by atoms with van der Waals surface area (Å²) in [6.07, 6.45) is 4.29. The summed E-state index contributed by atoms with van der Waals surface area (Å²) in [5.41, 5.74) is 7.68. The number of hydrogen-bond acceptors (Lipinski definition) is 3. The second-order valence-corrected chi connectivity index (χ2v) is 4.92. The number of ether oxygens (including phenoxy) is 1. The number of amides is 1. The smallest absolute Gasteiger partial charge is 0.220 e. The lowest BCUT2D eigenvalue weighted by Gasteiger charge is -2.10. The minimum atomic E-state index is 0.0914. The van der Waals surface area contributed by atoms with E-state index in [4.69, 9.17) is 10.5 Å². The Hall–Kier alpha value is -1.71. The van der Waals surface area contributed by atoms with E-state index in [2.05, 4.69) is 12.2 Å². The molecule has 0 aliphatic carbocycles. The van der Waals surface area contributed by atoms with Crippen LogP contribution in [-0.4, -0.2) is 19.1 Å². The lowest BCUT2D eigenvalue weighted by Crippen LogP contribution is -2.24. The predicted molar refractivity (Wildman–Crippen MR) is 82.9 cm³/mol. The highest BCUT2D eigenvalue weighted by Gasteiger charge is 2.05. The van der Waals surface area contributed by atoms with E-state index in [0.29, 0.717) is 25.1 Å². The number of unbranched alkanes of at least 4 members (excludes halogenated alkanes) is 1. The van der Waals surface area contributed by atoms with Gasteiger partial charge in [0.05, 0.1) is 12.3 Å². The molecule has 0 radical (unpaired) electrons. The quantitative estimate of drug-likeness (QED) is 0.539. The number of carbonyl (C=O) groups is 1. The largest absolute Gasteiger partial charge is 0.491 e. The van der Waals surface area contributed by atoms with Crippen molar-refractivity contribution in [1.29, 1.82) is 0 Å². The van der Waals surface area contributed by atoms with Crippen LogP contribution in [0.1, 0.15) is 45.1 Å². The third-order valence-corrected chi connectivity index (χ3v) is 3.04. The lowest BCUT2D eigenvalue weighted by molar-refractivity contribution is -0.121. The molecule has 0 spiro atoms. The van der Waals surface area contributed by atoms with Crippen LogP contribution in [0.4, 0.5) is 5.69 Å². The van der Waals surface area contributed by atoms with Gasteiger partial charge in [-0.05, 0) is 37.0 Å². The molecule has 112 valence electrons. The van der Waals surface area contributed by atoms with Crippen LogP contribution in [0.15, 0.2) is 18.2 Å². The minimum absolute atomic E-state index is 0.0914. The SMILES string of the molecule is CCCCOc1ccc(CCC(=O)NCCC)cc1N. The Bertz CT molecular complexity index is 419. The fourth-order valence-electron chi connectivity index (χ4n) is 1.82. The molecule has 0 aromatic heterocycles. The zero-order chi connectivity index (χ0) is 14.8. The first kappa shape index (κ1) is 16.3. The van der Waals surface area contributed by atoms with Crippen molar-refractivity contribution in [2.75, 3.05) is 18.9 Å². The fourth-order valence-corrected chi connectivity index (χ4v) is 1.82. The Kier molecular flexibility index (Phi) is 7.55. The Morgan fingerprint density at radius 3 is 2.75 bits per heavy atom. The zero-order valence-electron chi connectivity index (χ0n) is 12.6. The Balaban J connectivity index is 2.44. The summed E-state index contributed by atoms with van der Waals surface area (Å²) in [6.45, 7) is 5.60. The van der Waals surface area contributed by atoms with Gasteiger partial charge in [0, 0.05) is 13.0 Å². The molecule has 0 saturated carbocycles. The minimum Gasteiger partial charge on any atom is -0.491 e. The van der Waals surface area contributed by atoms with Crippen LogP contribution in [-0.2, 0) is 11.2 Å². The summed E-state index contributed by atoms with van der Waals surface area (Å²) in [5.74, 6) is 0.825. The fraction of sp³-hybridized carbons (Fsp3) is 0.562. The standard InChI is InChI=1S/C16H26N2O2/c1-3-5-11-20-15-8-6-13(12-14(15)17)7-9-16(19)18-10-4-2/h6,8,12H,3-5,7,9-11,17H2,1-2H3,(H,18,19). The summed E-state index contributed by atoms with van der Waals surface area (Å²) < 4.78 is 5.61. The van der Waals surface area contributed by atoms with Gasteiger partial charge in [0.15, 0.2) is 0 Å². The third kappa shape index (κ3) is 5.95. The predicted octanol–water partition coefficient (Wildman–Crippen LogP) is 2.91. The average Bonchev–Trinajstić information content (AvgIpc) is 2.45. The Labute approximate surface area is 121 Å². The number of nitrogen functional groups attached to an aromatic ring is 1. The van der Waals surface area contributed by atoms with Gasteiger partial charge in [-0.15, -0.1) is 0 Å². The van der Waals surface area contributed by atoms with Crippen LogP contribution < -0.4 is 15.8 Å². The average molecular weight is 278 g/mol. The monoisotopic (exact) mass is 278 g/mol. The number of nitrogens with one attached hydrogen (secondary N) is 1. The number of rotatable bonds is 9. The molecule has 20 heavy (non-hydrogen) atoms. The van der Waals surface area contributed by atoms with Crippen molar-refractivity contribution in [2.24, 2.45) is 0 Å². The van der Waals surface area contributed by atoms with Gasteiger partial charge < -0.3 is 15.8 Å². The van der Waals surface area contributed by atoms with Crippen molar-refractivity contribution in [3.8, 4) is 5.75 Å². The molecule has 0 aliphatic rings. The van der Waals surface area contributed by atoms with Gasteiger partial charge in [-0.3, -0.25) is 4.79 Å². The van der Waals surface area contributed by atoms with Gasteiger partial charge in [-0.2, -0.15) is 0 Å². The van der Waals surface area contributed by atoms with Crippen LogP contribution in [0.5, 0.6) is 5.75 Å². The molecule has 0 atom stereocenters. The summed E-state index contributed by atoms with van der Waals surface area (Å²) in [7, 11) is 0. The summed E-state index contributed by atoms with van der Waals surface area (Å²) >= 11 is 0. The van der Waals surface area contributed by atoms with Crippen molar-refractivity contribution in [2.45, 2.75) is 46.0 Å². The van der Waals surface area contributed by atoms with E-state index in [1.54, 1.807) is 0 Å². The van der Waals surface area contributed by atoms with E-state index < -0.39 is 0 Å². The van der Waals surface area contributed by atoms with Gasteiger partial charge in [0.2, 0.25) is 5.91 Å². The normalized spacial score (nSPS) is 10.3. The van der Waals surface area contributed by atoms with Gasteiger partial charge in [-0.25, -0.2) is 0 Å². The Morgan fingerprint density at radius 1 is 1.30 bits per heavy atom. The highest BCUT2D eigenvalue weighted by Crippen LogP contribution is 2.23. The second kappa shape index (κ2) is 9.23. The number of nitrogens with two attached hydrogens (primary N) is 1. The topological polar surface area (TPSA) is 64.3 Å². The molecule has 3 N–H and O–H groups in total. The zero-order valence-corrected chi connectivity index (χ0v) is 12.6. The second-order valence-electron chi connectivity index (χ2n) is 4.92. The molecule has 1 aromatic rings. The molecule has 0 aliphatic heterocycles.